The lowest BCUT2D eigenvalue weighted by Gasteiger charge is -2.29. The van der Waals surface area contributed by atoms with Crippen molar-refractivity contribution in [3.63, 3.8) is 0 Å². The molecule has 1 heterocycles. The highest BCUT2D eigenvalue weighted by atomic mass is 16.3. The van der Waals surface area contributed by atoms with Gasteiger partial charge in [0.15, 0.2) is 0 Å². The zero-order valence-electron chi connectivity index (χ0n) is 12.6. The van der Waals surface area contributed by atoms with E-state index in [0.29, 0.717) is 13.0 Å². The lowest BCUT2D eigenvalue weighted by Crippen LogP contribution is -2.35. The molecule has 20 heavy (non-hydrogen) atoms. The van der Waals surface area contributed by atoms with Crippen molar-refractivity contribution in [2.24, 2.45) is 0 Å². The average Bonchev–Trinajstić information content (AvgIpc) is 2.50. The number of benzene rings is 1. The first-order valence-electron chi connectivity index (χ1n) is 7.73. The maximum Gasteiger partial charge on any atom is 0.222 e. The molecule has 0 saturated carbocycles. The second-order valence-electron chi connectivity index (χ2n) is 5.61. The Bertz CT molecular complexity index is 470. The quantitative estimate of drug-likeness (QED) is 0.896. The predicted molar refractivity (Wildman–Crippen MR) is 80.3 cm³/mol. The maximum absolute atomic E-state index is 11.8. The Labute approximate surface area is 121 Å². The van der Waals surface area contributed by atoms with Crippen molar-refractivity contribution >= 4 is 5.91 Å². The van der Waals surface area contributed by atoms with E-state index in [2.05, 4.69) is 19.1 Å². The molecule has 0 aromatic heterocycles. The van der Waals surface area contributed by atoms with E-state index >= 15 is 0 Å². The van der Waals surface area contributed by atoms with E-state index in [1.165, 1.54) is 11.1 Å². The number of aliphatic hydroxyl groups excluding tert-OH is 1. The van der Waals surface area contributed by atoms with Gasteiger partial charge in [-0.05, 0) is 29.5 Å². The van der Waals surface area contributed by atoms with Crippen LogP contribution in [0.5, 0.6) is 0 Å². The Morgan fingerprint density at radius 2 is 2.15 bits per heavy atom. The molecule has 3 nitrogen and oxygen atoms in total. The van der Waals surface area contributed by atoms with Gasteiger partial charge in [-0.25, -0.2) is 0 Å². The van der Waals surface area contributed by atoms with Crippen LogP contribution in [0.3, 0.4) is 0 Å². The molecule has 1 N–H and O–H groups in total. The fourth-order valence-electron chi connectivity index (χ4n) is 2.78. The highest BCUT2D eigenvalue weighted by Crippen LogP contribution is 2.26. The number of carbonyl (C=O) groups excluding carboxylic acids is 1. The standard InChI is InChI=1S/C17H25NO2/c1-3-5-6-16(19)14-8-7-13-9-10-18(17(20)4-2)12-15(13)11-14/h7-8,11,16,19H,3-6,9-10,12H2,1-2H3. The molecule has 1 aliphatic rings. The van der Waals surface area contributed by atoms with Gasteiger partial charge in [-0.3, -0.25) is 4.79 Å². The van der Waals surface area contributed by atoms with Gasteiger partial charge in [-0.2, -0.15) is 0 Å². The number of carbonyl (C=O) groups is 1. The third-order valence-corrected chi connectivity index (χ3v) is 4.11. The second-order valence-corrected chi connectivity index (χ2v) is 5.61. The number of amides is 1. The molecule has 110 valence electrons. The molecule has 1 atom stereocenters. The van der Waals surface area contributed by atoms with Gasteiger partial charge >= 0.3 is 0 Å². The van der Waals surface area contributed by atoms with Crippen molar-refractivity contribution in [3.8, 4) is 0 Å². The van der Waals surface area contributed by atoms with Crippen LogP contribution in [0.4, 0.5) is 0 Å². The summed E-state index contributed by atoms with van der Waals surface area (Å²) in [7, 11) is 0. The van der Waals surface area contributed by atoms with E-state index in [0.717, 1.165) is 37.8 Å². The summed E-state index contributed by atoms with van der Waals surface area (Å²) in [6, 6.07) is 6.24. The largest absolute Gasteiger partial charge is 0.388 e. The molecule has 0 radical (unpaired) electrons. The Kier molecular flexibility index (Phi) is 5.18. The molecule has 1 aromatic carbocycles. The average molecular weight is 275 g/mol. The van der Waals surface area contributed by atoms with Crippen LogP contribution >= 0.6 is 0 Å². The van der Waals surface area contributed by atoms with E-state index in [9.17, 15) is 9.90 Å². The number of rotatable bonds is 5. The Hall–Kier alpha value is -1.35. The van der Waals surface area contributed by atoms with Crippen LogP contribution in [-0.4, -0.2) is 22.5 Å². The Morgan fingerprint density at radius 1 is 1.35 bits per heavy atom. The highest BCUT2D eigenvalue weighted by Gasteiger charge is 2.20. The fraction of sp³-hybridized carbons (Fsp3) is 0.588. The first kappa shape index (κ1) is 15.0. The van der Waals surface area contributed by atoms with Crippen LogP contribution in [-0.2, 0) is 17.8 Å². The molecule has 1 amide bonds. The zero-order valence-corrected chi connectivity index (χ0v) is 12.6. The molecule has 1 aliphatic heterocycles. The number of hydrogen-bond acceptors (Lipinski definition) is 2. The van der Waals surface area contributed by atoms with E-state index in [4.69, 9.17) is 0 Å². The van der Waals surface area contributed by atoms with Gasteiger partial charge in [0.2, 0.25) is 5.91 Å². The van der Waals surface area contributed by atoms with Crippen LogP contribution in [0.2, 0.25) is 0 Å². The van der Waals surface area contributed by atoms with Crippen molar-refractivity contribution in [2.75, 3.05) is 6.54 Å². The van der Waals surface area contributed by atoms with Crippen molar-refractivity contribution < 1.29 is 9.90 Å². The number of aliphatic hydroxyl groups is 1. The van der Waals surface area contributed by atoms with E-state index < -0.39 is 0 Å². The molecule has 0 saturated heterocycles. The van der Waals surface area contributed by atoms with Crippen LogP contribution in [0.15, 0.2) is 18.2 Å². The van der Waals surface area contributed by atoms with E-state index in [1.807, 2.05) is 17.9 Å². The van der Waals surface area contributed by atoms with E-state index in [-0.39, 0.29) is 12.0 Å². The monoisotopic (exact) mass is 275 g/mol. The normalized spacial score (nSPS) is 15.8. The SMILES string of the molecule is CCCCC(O)c1ccc2c(c1)CN(C(=O)CC)CC2. The van der Waals surface area contributed by atoms with Gasteiger partial charge in [-0.15, -0.1) is 0 Å². The van der Waals surface area contributed by atoms with Gasteiger partial charge in [0.25, 0.3) is 0 Å². The molecule has 1 unspecified atom stereocenters. The lowest BCUT2D eigenvalue weighted by molar-refractivity contribution is -0.131. The third-order valence-electron chi connectivity index (χ3n) is 4.11. The first-order chi connectivity index (χ1) is 9.65. The summed E-state index contributed by atoms with van der Waals surface area (Å²) in [4.78, 5) is 13.7. The van der Waals surface area contributed by atoms with Crippen LogP contribution in [0.1, 0.15) is 62.3 Å². The van der Waals surface area contributed by atoms with Gasteiger partial charge in [-0.1, -0.05) is 44.9 Å². The maximum atomic E-state index is 11.8. The van der Waals surface area contributed by atoms with Crippen LogP contribution < -0.4 is 0 Å². The molecular formula is C17H25NO2. The summed E-state index contributed by atoms with van der Waals surface area (Å²) >= 11 is 0. The lowest BCUT2D eigenvalue weighted by atomic mass is 9.94. The predicted octanol–water partition coefficient (Wildman–Crippen LogP) is 3.20. The minimum atomic E-state index is -0.377. The molecule has 0 spiro atoms. The summed E-state index contributed by atoms with van der Waals surface area (Å²) in [5, 5.41) is 10.2. The minimum absolute atomic E-state index is 0.215. The third kappa shape index (κ3) is 3.40. The number of hydrogen-bond donors (Lipinski definition) is 1. The smallest absolute Gasteiger partial charge is 0.222 e. The van der Waals surface area contributed by atoms with Gasteiger partial charge in [0.1, 0.15) is 0 Å². The highest BCUT2D eigenvalue weighted by molar-refractivity contribution is 5.76. The number of unbranched alkanes of at least 4 members (excludes halogenated alkanes) is 1. The molecule has 0 bridgehead atoms. The first-order valence-corrected chi connectivity index (χ1v) is 7.73. The summed E-state index contributed by atoms with van der Waals surface area (Å²) in [6.45, 7) is 5.55. The van der Waals surface area contributed by atoms with Gasteiger partial charge in [0.05, 0.1) is 6.10 Å². The van der Waals surface area contributed by atoms with Crippen LogP contribution in [0, 0.1) is 0 Å². The Morgan fingerprint density at radius 3 is 2.85 bits per heavy atom. The number of nitrogens with zero attached hydrogens (tertiary/aromatic N) is 1. The fourth-order valence-corrected chi connectivity index (χ4v) is 2.78. The number of fused-ring (bicyclic) bond motifs is 1. The van der Waals surface area contributed by atoms with E-state index in [1.54, 1.807) is 0 Å². The van der Waals surface area contributed by atoms with Gasteiger partial charge in [0, 0.05) is 19.5 Å². The van der Waals surface area contributed by atoms with Crippen molar-refractivity contribution in [3.05, 3.63) is 34.9 Å². The van der Waals surface area contributed by atoms with Crippen molar-refractivity contribution in [1.29, 1.82) is 0 Å². The summed E-state index contributed by atoms with van der Waals surface area (Å²) in [5.41, 5.74) is 3.51. The zero-order chi connectivity index (χ0) is 14.5. The summed E-state index contributed by atoms with van der Waals surface area (Å²) in [5.74, 6) is 0.215. The van der Waals surface area contributed by atoms with Gasteiger partial charge < -0.3 is 10.0 Å². The van der Waals surface area contributed by atoms with Crippen molar-refractivity contribution in [1.82, 2.24) is 4.90 Å². The Balaban J connectivity index is 2.12. The molecule has 1 aromatic rings. The summed E-state index contributed by atoms with van der Waals surface area (Å²) < 4.78 is 0. The van der Waals surface area contributed by atoms with Crippen LogP contribution in [0.25, 0.3) is 0 Å². The molecule has 0 aliphatic carbocycles. The minimum Gasteiger partial charge on any atom is -0.388 e. The second kappa shape index (κ2) is 6.89. The van der Waals surface area contributed by atoms with Crippen molar-refractivity contribution in [2.45, 2.75) is 58.6 Å². The molecule has 0 fully saturated rings. The summed E-state index contributed by atoms with van der Waals surface area (Å²) in [6.07, 6.45) is 4.06. The molecular weight excluding hydrogens is 250 g/mol. The topological polar surface area (TPSA) is 40.5 Å². The molecule has 3 heteroatoms. The molecule has 2 rings (SSSR count).